The topological polar surface area (TPSA) is 63.8 Å². The van der Waals surface area contributed by atoms with E-state index < -0.39 is 0 Å². The second-order valence-electron chi connectivity index (χ2n) is 6.34. The van der Waals surface area contributed by atoms with Crippen LogP contribution in [0.2, 0.25) is 0 Å². The van der Waals surface area contributed by atoms with E-state index in [1.165, 1.54) is 25.5 Å². The lowest BCUT2D eigenvalue weighted by Gasteiger charge is -2.29. The summed E-state index contributed by atoms with van der Waals surface area (Å²) in [4.78, 5) is 11.2. The molecule has 0 aliphatic carbocycles. The number of hydrogen-bond acceptors (Lipinski definition) is 4. The van der Waals surface area contributed by atoms with Gasteiger partial charge in [0.25, 0.3) is 0 Å². The molecule has 1 aliphatic heterocycles. The first-order valence-electron chi connectivity index (χ1n) is 9.04. The summed E-state index contributed by atoms with van der Waals surface area (Å²) in [5.41, 5.74) is 2.81. The van der Waals surface area contributed by atoms with Crippen molar-refractivity contribution in [2.45, 2.75) is 39.5 Å². The number of piperidine rings is 1. The summed E-state index contributed by atoms with van der Waals surface area (Å²) in [5.74, 6) is 1.63. The highest BCUT2D eigenvalue weighted by atomic mass is 15.2. The number of rotatable bonds is 7. The van der Waals surface area contributed by atoms with E-state index in [0.29, 0.717) is 5.82 Å². The smallest absolute Gasteiger partial charge is 0.133 e. The van der Waals surface area contributed by atoms with Gasteiger partial charge in [-0.3, -0.25) is 4.99 Å². The molecule has 0 spiro atoms. The second-order valence-corrected chi connectivity index (χ2v) is 6.34. The zero-order valence-electron chi connectivity index (χ0n) is 15.4. The van der Waals surface area contributed by atoms with Gasteiger partial charge in [-0.25, -0.2) is 4.99 Å². The van der Waals surface area contributed by atoms with Gasteiger partial charge in [-0.15, -0.1) is 0 Å². The van der Waals surface area contributed by atoms with Gasteiger partial charge < -0.3 is 15.6 Å². The average molecular weight is 339 g/mol. The van der Waals surface area contributed by atoms with Crippen molar-refractivity contribution in [3.8, 4) is 0 Å². The number of nitrogens with zero attached hydrogens (tertiary/aromatic N) is 3. The molecule has 2 rings (SSSR count). The summed E-state index contributed by atoms with van der Waals surface area (Å²) in [7, 11) is 0. The van der Waals surface area contributed by atoms with Crippen molar-refractivity contribution in [3.05, 3.63) is 41.2 Å². The first kappa shape index (κ1) is 18.9. The molecule has 0 saturated carbocycles. The van der Waals surface area contributed by atoms with Gasteiger partial charge in [-0.2, -0.15) is 0 Å². The third kappa shape index (κ3) is 5.55. The molecule has 0 amide bonds. The number of hydrogen-bond donors (Lipinski definition) is 2. The van der Waals surface area contributed by atoms with Crippen LogP contribution in [-0.4, -0.2) is 43.3 Å². The van der Waals surface area contributed by atoms with Crippen LogP contribution in [0.4, 0.5) is 5.69 Å². The quantitative estimate of drug-likeness (QED) is 0.576. The maximum absolute atomic E-state index is 7.61. The molecule has 0 atom stereocenters. The molecule has 0 aromatic heterocycles. The first-order chi connectivity index (χ1) is 12.2. The molecule has 134 valence electrons. The molecule has 5 heteroatoms. The maximum Gasteiger partial charge on any atom is 0.133 e. The molecule has 2 N–H and O–H groups in total. The summed E-state index contributed by atoms with van der Waals surface area (Å²) in [5, 5.41) is 10.9. The highest BCUT2D eigenvalue weighted by Crippen LogP contribution is 2.18. The standard InChI is InChI=1S/C20H29N5/c1-4-10-23-20(25-11-6-5-7-12-25)14-19(22-3)24-18-9-8-16(2)13-17(18)15-21/h8-9,13-15,21,24H,3-7,10-12H2,1-2H3/b19-14+,21-15?,23-20+. The van der Waals surface area contributed by atoms with Crippen LogP contribution in [0.1, 0.15) is 43.7 Å². The number of likely N-dealkylation sites (tertiary alicyclic amines) is 1. The lowest BCUT2D eigenvalue weighted by atomic mass is 10.1. The molecule has 1 aromatic rings. The monoisotopic (exact) mass is 339 g/mol. The minimum Gasteiger partial charge on any atom is -0.357 e. The summed E-state index contributed by atoms with van der Waals surface area (Å²) in [6.07, 6.45) is 8.05. The van der Waals surface area contributed by atoms with E-state index in [0.717, 1.165) is 48.7 Å². The predicted octanol–water partition coefficient (Wildman–Crippen LogP) is 4.24. The van der Waals surface area contributed by atoms with Gasteiger partial charge in [0.15, 0.2) is 0 Å². The fraction of sp³-hybridized carbons (Fsp3) is 0.450. The number of aryl methyl sites for hydroxylation is 1. The fourth-order valence-corrected chi connectivity index (χ4v) is 2.88. The van der Waals surface area contributed by atoms with Crippen LogP contribution in [0.3, 0.4) is 0 Å². The van der Waals surface area contributed by atoms with Gasteiger partial charge in [-0.1, -0.05) is 18.6 Å². The lowest BCUT2D eigenvalue weighted by molar-refractivity contribution is 0.342. The average Bonchev–Trinajstić information content (AvgIpc) is 2.65. The number of amidine groups is 1. The summed E-state index contributed by atoms with van der Waals surface area (Å²) >= 11 is 0. The van der Waals surface area contributed by atoms with E-state index >= 15 is 0 Å². The Bertz CT molecular complexity index is 654. The molecular weight excluding hydrogens is 310 g/mol. The van der Waals surface area contributed by atoms with Crippen molar-refractivity contribution >= 4 is 24.5 Å². The maximum atomic E-state index is 7.61. The van der Waals surface area contributed by atoms with Gasteiger partial charge in [0, 0.05) is 43.2 Å². The number of nitrogens with one attached hydrogen (secondary N) is 2. The Balaban J connectivity index is 2.25. The normalized spacial score (nSPS) is 15.8. The minimum atomic E-state index is 0.660. The molecule has 1 saturated heterocycles. The van der Waals surface area contributed by atoms with Gasteiger partial charge in [0.05, 0.1) is 0 Å². The van der Waals surface area contributed by atoms with Crippen LogP contribution >= 0.6 is 0 Å². The van der Waals surface area contributed by atoms with E-state index in [2.05, 4.69) is 28.9 Å². The zero-order chi connectivity index (χ0) is 18.1. The summed E-state index contributed by atoms with van der Waals surface area (Å²) < 4.78 is 0. The molecule has 0 unspecified atom stereocenters. The van der Waals surface area contributed by atoms with Crippen molar-refractivity contribution in [2.75, 3.05) is 25.0 Å². The highest BCUT2D eigenvalue weighted by Gasteiger charge is 2.14. The van der Waals surface area contributed by atoms with Crippen molar-refractivity contribution in [3.63, 3.8) is 0 Å². The predicted molar refractivity (Wildman–Crippen MR) is 108 cm³/mol. The Morgan fingerprint density at radius 2 is 2.08 bits per heavy atom. The Kier molecular flexibility index (Phi) is 7.38. The van der Waals surface area contributed by atoms with E-state index in [4.69, 9.17) is 10.4 Å². The Morgan fingerprint density at radius 1 is 1.32 bits per heavy atom. The molecule has 25 heavy (non-hydrogen) atoms. The van der Waals surface area contributed by atoms with E-state index in [-0.39, 0.29) is 0 Å². The number of anilines is 1. The van der Waals surface area contributed by atoms with Gasteiger partial charge in [-0.05, 0) is 51.5 Å². The van der Waals surface area contributed by atoms with Crippen molar-refractivity contribution in [2.24, 2.45) is 9.98 Å². The molecule has 1 aromatic carbocycles. The van der Waals surface area contributed by atoms with Gasteiger partial charge in [0.2, 0.25) is 0 Å². The SMILES string of the molecule is C=N/C(=C\C(=N/CCC)N1CCCCC1)Nc1ccc(C)cc1C=N. The molecule has 5 nitrogen and oxygen atoms in total. The molecular formula is C20H29N5. The van der Waals surface area contributed by atoms with E-state index in [9.17, 15) is 0 Å². The van der Waals surface area contributed by atoms with E-state index in [1.54, 1.807) is 0 Å². The van der Waals surface area contributed by atoms with Gasteiger partial charge in [0.1, 0.15) is 11.7 Å². The van der Waals surface area contributed by atoms with Crippen LogP contribution in [0.15, 0.2) is 40.1 Å². The number of benzene rings is 1. The van der Waals surface area contributed by atoms with Crippen molar-refractivity contribution in [1.29, 1.82) is 5.41 Å². The van der Waals surface area contributed by atoms with Crippen molar-refractivity contribution < 1.29 is 0 Å². The Labute approximate surface area is 151 Å². The second kappa shape index (κ2) is 9.77. The highest BCUT2D eigenvalue weighted by molar-refractivity contribution is 5.94. The third-order valence-corrected chi connectivity index (χ3v) is 4.24. The van der Waals surface area contributed by atoms with Crippen LogP contribution in [0.5, 0.6) is 0 Å². The number of aliphatic imine (C=N–C) groups is 2. The molecule has 1 aliphatic rings. The van der Waals surface area contributed by atoms with Crippen LogP contribution < -0.4 is 5.32 Å². The van der Waals surface area contributed by atoms with Gasteiger partial charge >= 0.3 is 0 Å². The van der Waals surface area contributed by atoms with E-state index in [1.807, 2.05) is 31.2 Å². The summed E-state index contributed by atoms with van der Waals surface area (Å²) in [6, 6.07) is 5.97. The Hall–Kier alpha value is -2.43. The molecule has 0 bridgehead atoms. The van der Waals surface area contributed by atoms with Crippen molar-refractivity contribution in [1.82, 2.24) is 4.90 Å². The zero-order valence-corrected chi connectivity index (χ0v) is 15.4. The molecule has 0 radical (unpaired) electrons. The fourth-order valence-electron chi connectivity index (χ4n) is 2.88. The molecule has 1 heterocycles. The minimum absolute atomic E-state index is 0.660. The van der Waals surface area contributed by atoms with Crippen LogP contribution in [0.25, 0.3) is 0 Å². The Morgan fingerprint density at radius 3 is 2.72 bits per heavy atom. The van der Waals surface area contributed by atoms with Crippen LogP contribution in [0, 0.1) is 12.3 Å². The lowest BCUT2D eigenvalue weighted by Crippen LogP contribution is -2.35. The third-order valence-electron chi connectivity index (χ3n) is 4.24. The molecule has 1 fully saturated rings. The summed E-state index contributed by atoms with van der Waals surface area (Å²) in [6.45, 7) is 10.7. The largest absolute Gasteiger partial charge is 0.357 e. The first-order valence-corrected chi connectivity index (χ1v) is 9.04. The van der Waals surface area contributed by atoms with Crippen LogP contribution in [-0.2, 0) is 0 Å².